The Morgan fingerprint density at radius 2 is 1.87 bits per heavy atom. The number of fused-ring (bicyclic) bond motifs is 1. The van der Waals surface area contributed by atoms with Crippen LogP contribution in [0.5, 0.6) is 5.75 Å². The van der Waals surface area contributed by atoms with E-state index >= 15 is 0 Å². The van der Waals surface area contributed by atoms with Crippen molar-refractivity contribution in [2.24, 2.45) is 0 Å². The lowest BCUT2D eigenvalue weighted by atomic mass is 9.76. The number of aryl methyl sites for hydroxylation is 1. The summed E-state index contributed by atoms with van der Waals surface area (Å²) in [7, 11) is 0. The molecule has 0 saturated heterocycles. The number of ketones is 1. The van der Waals surface area contributed by atoms with E-state index < -0.39 is 0 Å². The van der Waals surface area contributed by atoms with Crippen LogP contribution < -0.4 is 10.1 Å². The Morgan fingerprint density at radius 3 is 2.60 bits per heavy atom. The molecular formula is C25H25N3O2. The summed E-state index contributed by atoms with van der Waals surface area (Å²) < 4.78 is 7.59. The highest BCUT2D eigenvalue weighted by Crippen LogP contribution is 2.47. The number of rotatable bonds is 4. The second-order valence-corrected chi connectivity index (χ2v) is 7.82. The van der Waals surface area contributed by atoms with Gasteiger partial charge in [-0.2, -0.15) is 5.10 Å². The Bertz CT molecular complexity index is 1130. The van der Waals surface area contributed by atoms with Crippen molar-refractivity contribution in [3.63, 3.8) is 0 Å². The molecule has 2 heterocycles. The Labute approximate surface area is 176 Å². The van der Waals surface area contributed by atoms with E-state index in [2.05, 4.69) is 29.6 Å². The second kappa shape index (κ2) is 7.48. The Morgan fingerprint density at radius 1 is 1.10 bits per heavy atom. The molecule has 5 heteroatoms. The van der Waals surface area contributed by atoms with E-state index in [1.807, 2.05) is 48.9 Å². The molecule has 1 aliphatic heterocycles. The van der Waals surface area contributed by atoms with Gasteiger partial charge in [-0.3, -0.25) is 4.79 Å². The molecule has 3 aromatic rings. The van der Waals surface area contributed by atoms with Gasteiger partial charge in [0.25, 0.3) is 0 Å². The van der Waals surface area contributed by atoms with Crippen LogP contribution in [0.3, 0.4) is 0 Å². The summed E-state index contributed by atoms with van der Waals surface area (Å²) in [6, 6.07) is 18.3. The number of carbonyl (C=O) groups excluding carboxylic acids is 1. The number of Topliss-reactive ketones (excluding diaryl/α,β-unsaturated/α-hetero) is 1. The van der Waals surface area contributed by atoms with E-state index in [0.717, 1.165) is 58.2 Å². The molecule has 30 heavy (non-hydrogen) atoms. The number of allylic oxidation sites excluding steroid dienone is 2. The first-order chi connectivity index (χ1) is 14.7. The summed E-state index contributed by atoms with van der Waals surface area (Å²) in [6.07, 6.45) is 2.37. The van der Waals surface area contributed by atoms with E-state index in [4.69, 9.17) is 9.84 Å². The molecule has 0 bridgehead atoms. The van der Waals surface area contributed by atoms with E-state index in [1.165, 1.54) is 0 Å². The lowest BCUT2D eigenvalue weighted by molar-refractivity contribution is -0.116. The van der Waals surface area contributed by atoms with Crippen molar-refractivity contribution >= 4 is 11.6 Å². The maximum Gasteiger partial charge on any atom is 0.161 e. The largest absolute Gasteiger partial charge is 0.494 e. The van der Waals surface area contributed by atoms with Crippen LogP contribution >= 0.6 is 0 Å². The summed E-state index contributed by atoms with van der Waals surface area (Å²) in [5.74, 6) is 1.93. The van der Waals surface area contributed by atoms with Crippen molar-refractivity contribution in [1.82, 2.24) is 9.78 Å². The van der Waals surface area contributed by atoms with Crippen molar-refractivity contribution < 1.29 is 9.53 Å². The number of anilines is 1. The predicted molar refractivity (Wildman–Crippen MR) is 117 cm³/mol. The van der Waals surface area contributed by atoms with Gasteiger partial charge in [-0.05, 0) is 56.5 Å². The molecule has 1 aromatic heterocycles. The van der Waals surface area contributed by atoms with E-state index in [0.29, 0.717) is 13.0 Å². The number of hydrogen-bond acceptors (Lipinski definition) is 4. The molecule has 1 atom stereocenters. The summed E-state index contributed by atoms with van der Waals surface area (Å²) in [6.45, 7) is 4.64. The third-order valence-corrected chi connectivity index (χ3v) is 5.93. The van der Waals surface area contributed by atoms with Crippen molar-refractivity contribution in [1.29, 1.82) is 0 Å². The molecule has 0 spiro atoms. The highest BCUT2D eigenvalue weighted by Gasteiger charge is 2.38. The minimum atomic E-state index is -0.114. The van der Waals surface area contributed by atoms with Gasteiger partial charge in [0.1, 0.15) is 11.6 Å². The number of benzene rings is 2. The van der Waals surface area contributed by atoms with Crippen molar-refractivity contribution in [3.05, 3.63) is 82.7 Å². The van der Waals surface area contributed by atoms with E-state index in [1.54, 1.807) is 0 Å². The molecule has 2 aromatic carbocycles. The van der Waals surface area contributed by atoms with Crippen molar-refractivity contribution in [2.75, 3.05) is 11.9 Å². The molecule has 0 fully saturated rings. The standard InChI is InChI=1S/C25H25N3O2/c1-3-30-19-14-12-17(13-15-19)23-22-16(2)27-28(18-8-5-4-6-9-18)25(22)26-20-10-7-11-21(29)24(20)23/h4-6,8-9,12-15,23,26H,3,7,10-11H2,1-2H3. The average molecular weight is 399 g/mol. The lowest BCUT2D eigenvalue weighted by Crippen LogP contribution is -2.27. The lowest BCUT2D eigenvalue weighted by Gasteiger charge is -2.33. The summed E-state index contributed by atoms with van der Waals surface area (Å²) in [5.41, 5.74) is 6.05. The zero-order valence-electron chi connectivity index (χ0n) is 17.3. The monoisotopic (exact) mass is 399 g/mol. The number of aromatic nitrogens is 2. The summed E-state index contributed by atoms with van der Waals surface area (Å²) in [4.78, 5) is 13.0. The van der Waals surface area contributed by atoms with Gasteiger partial charge in [0.05, 0.1) is 18.0 Å². The number of nitrogens with zero attached hydrogens (tertiary/aromatic N) is 2. The van der Waals surface area contributed by atoms with Crippen LogP contribution in [0, 0.1) is 6.92 Å². The van der Waals surface area contributed by atoms with Gasteiger partial charge in [0, 0.05) is 29.2 Å². The highest BCUT2D eigenvalue weighted by atomic mass is 16.5. The quantitative estimate of drug-likeness (QED) is 0.660. The molecule has 1 aliphatic carbocycles. The van der Waals surface area contributed by atoms with Crippen LogP contribution in [-0.2, 0) is 4.79 Å². The molecule has 0 amide bonds. The summed E-state index contributed by atoms with van der Waals surface area (Å²) in [5, 5.41) is 8.44. The molecule has 5 rings (SSSR count). The van der Waals surface area contributed by atoms with Gasteiger partial charge < -0.3 is 10.1 Å². The third kappa shape index (κ3) is 3.02. The normalized spacial score (nSPS) is 17.9. The average Bonchev–Trinajstić information content (AvgIpc) is 3.10. The first-order valence-electron chi connectivity index (χ1n) is 10.6. The zero-order chi connectivity index (χ0) is 20.7. The van der Waals surface area contributed by atoms with Crippen LogP contribution in [0.15, 0.2) is 65.9 Å². The fraction of sp³-hybridized carbons (Fsp3) is 0.280. The van der Waals surface area contributed by atoms with Gasteiger partial charge in [-0.1, -0.05) is 30.3 Å². The second-order valence-electron chi connectivity index (χ2n) is 7.82. The van der Waals surface area contributed by atoms with E-state index in [9.17, 15) is 4.79 Å². The minimum absolute atomic E-state index is 0.114. The van der Waals surface area contributed by atoms with Crippen molar-refractivity contribution in [2.45, 2.75) is 39.0 Å². The maximum absolute atomic E-state index is 13.0. The summed E-state index contributed by atoms with van der Waals surface area (Å²) >= 11 is 0. The van der Waals surface area contributed by atoms with Gasteiger partial charge in [-0.15, -0.1) is 0 Å². The first-order valence-corrected chi connectivity index (χ1v) is 10.6. The molecule has 0 saturated carbocycles. The third-order valence-electron chi connectivity index (χ3n) is 5.93. The van der Waals surface area contributed by atoms with Gasteiger partial charge >= 0.3 is 0 Å². The van der Waals surface area contributed by atoms with Gasteiger partial charge in [-0.25, -0.2) is 4.68 Å². The Hall–Kier alpha value is -3.34. The number of nitrogens with one attached hydrogen (secondary N) is 1. The number of hydrogen-bond donors (Lipinski definition) is 1. The topological polar surface area (TPSA) is 56.1 Å². The fourth-order valence-corrected chi connectivity index (χ4v) is 4.63. The molecular weight excluding hydrogens is 374 g/mol. The molecule has 1 N–H and O–H groups in total. The van der Waals surface area contributed by atoms with Crippen molar-refractivity contribution in [3.8, 4) is 11.4 Å². The van der Waals surface area contributed by atoms with Crippen LogP contribution in [0.4, 0.5) is 5.82 Å². The molecule has 2 aliphatic rings. The molecule has 0 radical (unpaired) electrons. The number of ether oxygens (including phenoxy) is 1. The SMILES string of the molecule is CCOc1ccc(C2C3=C(CCCC3=O)Nc3c2c(C)nn3-c2ccccc2)cc1. The van der Waals surface area contributed by atoms with Gasteiger partial charge in [0.15, 0.2) is 5.78 Å². The number of para-hydroxylation sites is 1. The van der Waals surface area contributed by atoms with Crippen LogP contribution in [0.25, 0.3) is 5.69 Å². The Balaban J connectivity index is 1.69. The maximum atomic E-state index is 13.0. The predicted octanol–water partition coefficient (Wildman–Crippen LogP) is 5.14. The smallest absolute Gasteiger partial charge is 0.161 e. The van der Waals surface area contributed by atoms with Crippen LogP contribution in [-0.4, -0.2) is 22.2 Å². The van der Waals surface area contributed by atoms with Gasteiger partial charge in [0.2, 0.25) is 0 Å². The first kappa shape index (κ1) is 18.7. The van der Waals surface area contributed by atoms with Crippen LogP contribution in [0.2, 0.25) is 0 Å². The highest BCUT2D eigenvalue weighted by molar-refractivity contribution is 6.01. The van der Waals surface area contributed by atoms with E-state index in [-0.39, 0.29) is 11.7 Å². The fourth-order valence-electron chi connectivity index (χ4n) is 4.63. The zero-order valence-corrected chi connectivity index (χ0v) is 17.3. The molecule has 152 valence electrons. The Kier molecular flexibility index (Phi) is 4.66. The van der Waals surface area contributed by atoms with Crippen LogP contribution in [0.1, 0.15) is 48.9 Å². The number of carbonyl (C=O) groups is 1. The molecule has 5 nitrogen and oxygen atoms in total. The minimum Gasteiger partial charge on any atom is -0.494 e. The molecule has 1 unspecified atom stereocenters.